The van der Waals surface area contributed by atoms with E-state index in [2.05, 4.69) is 25.4 Å². The molecule has 0 saturated carbocycles. The maximum Gasteiger partial charge on any atom is 0.281 e. The lowest BCUT2D eigenvalue weighted by atomic mass is 9.96. The van der Waals surface area contributed by atoms with Crippen molar-refractivity contribution in [3.63, 3.8) is 0 Å². The summed E-state index contributed by atoms with van der Waals surface area (Å²) in [6.07, 6.45) is 2.48. The number of hydrogen-bond donors (Lipinski definition) is 1. The van der Waals surface area contributed by atoms with Gasteiger partial charge in [0, 0.05) is 37.3 Å². The lowest BCUT2D eigenvalue weighted by molar-refractivity contribution is 0.0343. The van der Waals surface area contributed by atoms with E-state index >= 15 is 4.39 Å². The smallest absolute Gasteiger partial charge is 0.281 e. The maximum atomic E-state index is 15.2. The number of benzene rings is 1. The number of piperidine rings is 1. The highest BCUT2D eigenvalue weighted by molar-refractivity contribution is 5.93. The molecule has 0 atom stereocenters. The van der Waals surface area contributed by atoms with Crippen molar-refractivity contribution in [1.29, 1.82) is 0 Å². The van der Waals surface area contributed by atoms with Crippen LogP contribution in [0.4, 0.5) is 30.6 Å². The van der Waals surface area contributed by atoms with E-state index in [-0.39, 0.29) is 34.1 Å². The van der Waals surface area contributed by atoms with Gasteiger partial charge in [0.15, 0.2) is 17.3 Å². The predicted octanol–water partition coefficient (Wildman–Crippen LogP) is 4.29. The summed E-state index contributed by atoms with van der Waals surface area (Å²) in [5.41, 5.74) is -1.05. The second-order valence-electron chi connectivity index (χ2n) is 8.53. The van der Waals surface area contributed by atoms with E-state index in [4.69, 9.17) is 4.52 Å². The lowest BCUT2D eigenvalue weighted by Crippen LogP contribution is -2.34. The highest BCUT2D eigenvalue weighted by atomic mass is 19.2. The molecule has 1 aliphatic rings. The first-order valence-electron chi connectivity index (χ1n) is 10.7. The van der Waals surface area contributed by atoms with Crippen LogP contribution in [-0.2, 0) is 5.67 Å². The molecule has 2 aromatic heterocycles. The first-order chi connectivity index (χ1) is 16.1. The zero-order chi connectivity index (χ0) is 24.5. The average molecular weight is 475 g/mol. The molecule has 1 N–H and O–H groups in total. The molecule has 0 aliphatic carbocycles. The number of hydrogen-bond acceptors (Lipinski definition) is 8. The third-order valence-electron chi connectivity index (χ3n) is 5.56. The van der Waals surface area contributed by atoms with Gasteiger partial charge in [0.25, 0.3) is 5.91 Å². The monoisotopic (exact) mass is 475 g/mol. The molecule has 9 nitrogen and oxygen atoms in total. The molecule has 1 fully saturated rings. The Morgan fingerprint density at radius 1 is 1.21 bits per heavy atom. The number of anilines is 3. The highest BCUT2D eigenvalue weighted by Gasteiger charge is 2.31. The van der Waals surface area contributed by atoms with Gasteiger partial charge < -0.3 is 14.7 Å². The van der Waals surface area contributed by atoms with Gasteiger partial charge in [-0.1, -0.05) is 9.64 Å². The Balaban J connectivity index is 1.42. The number of amides is 1. The van der Waals surface area contributed by atoms with Gasteiger partial charge in [0.05, 0.1) is 0 Å². The van der Waals surface area contributed by atoms with Crippen LogP contribution < -0.4 is 10.2 Å². The van der Waals surface area contributed by atoms with Crippen LogP contribution in [0, 0.1) is 5.82 Å². The minimum atomic E-state index is -1.69. The fourth-order valence-corrected chi connectivity index (χ4v) is 3.66. The highest BCUT2D eigenvalue weighted by Crippen LogP contribution is 2.33. The van der Waals surface area contributed by atoms with Gasteiger partial charge >= 0.3 is 0 Å². The Kier molecular flexibility index (Phi) is 6.40. The topological polar surface area (TPSA) is 100 Å². The van der Waals surface area contributed by atoms with Crippen molar-refractivity contribution >= 4 is 23.2 Å². The van der Waals surface area contributed by atoms with Gasteiger partial charge in [-0.2, -0.15) is 14.5 Å². The van der Waals surface area contributed by atoms with E-state index < -0.39 is 17.4 Å². The summed E-state index contributed by atoms with van der Waals surface area (Å²) >= 11 is 0. The van der Waals surface area contributed by atoms with Crippen LogP contribution in [0.5, 0.6) is 0 Å². The van der Waals surface area contributed by atoms with E-state index in [1.165, 1.54) is 44.4 Å². The number of alkyl halides is 1. The van der Waals surface area contributed by atoms with Gasteiger partial charge in [-0.15, -0.1) is 0 Å². The summed E-state index contributed by atoms with van der Waals surface area (Å²) < 4.78 is 47.5. The second-order valence-corrected chi connectivity index (χ2v) is 8.53. The van der Waals surface area contributed by atoms with Gasteiger partial charge in [-0.05, 0) is 51.0 Å². The molecular formula is C22H24F3N7O2. The van der Waals surface area contributed by atoms with Gasteiger partial charge in [0.1, 0.15) is 6.33 Å². The van der Waals surface area contributed by atoms with Crippen LogP contribution in [0.15, 0.2) is 35.1 Å². The zero-order valence-corrected chi connectivity index (χ0v) is 18.9. The average Bonchev–Trinajstić information content (AvgIpc) is 3.32. The fraction of sp³-hybridized carbons (Fsp3) is 0.409. The van der Waals surface area contributed by atoms with Gasteiger partial charge in [-0.25, -0.2) is 14.4 Å². The number of nitrogens with zero attached hydrogens (tertiary/aromatic N) is 6. The molecule has 3 heterocycles. The number of carbonyl (C=O) groups is 1. The standard InChI is InChI=1S/C22H24F3N7O2/c1-22(2,24)21-29-19(34-30-21)13-8-10-32(11-9-13)18-16(23)17(26-12-27-18)28-15-6-4-14(5-7-15)20(33)31(3)25/h4-7,12-13H,8-11H2,1-3H3,(H,26,27,28). The maximum absolute atomic E-state index is 15.2. The lowest BCUT2D eigenvalue weighted by Gasteiger charge is -2.31. The van der Waals surface area contributed by atoms with E-state index in [9.17, 15) is 13.7 Å². The normalized spacial score (nSPS) is 14.8. The van der Waals surface area contributed by atoms with Crippen molar-refractivity contribution < 1.29 is 22.6 Å². The third-order valence-corrected chi connectivity index (χ3v) is 5.56. The molecule has 0 bridgehead atoms. The molecule has 1 saturated heterocycles. The van der Waals surface area contributed by atoms with Crippen molar-refractivity contribution in [3.05, 3.63) is 53.7 Å². The Labute approximate surface area is 193 Å². The van der Waals surface area contributed by atoms with Crippen LogP contribution in [0.25, 0.3) is 0 Å². The van der Waals surface area contributed by atoms with Crippen molar-refractivity contribution in [3.8, 4) is 0 Å². The van der Waals surface area contributed by atoms with Crippen LogP contribution in [0.1, 0.15) is 54.7 Å². The number of halogens is 3. The summed E-state index contributed by atoms with van der Waals surface area (Å²) in [5.74, 6) is -0.937. The summed E-state index contributed by atoms with van der Waals surface area (Å²) in [4.78, 5) is 25.7. The SMILES string of the molecule is CN(F)C(=O)c1ccc(Nc2ncnc(N3CCC(c4nc(C(C)(C)F)no4)CC3)c2F)cc1. The molecule has 3 aromatic rings. The quantitative estimate of drug-likeness (QED) is 0.527. The summed E-state index contributed by atoms with van der Waals surface area (Å²) in [6.45, 7) is 3.71. The summed E-state index contributed by atoms with van der Waals surface area (Å²) in [7, 11) is 1.01. The fourth-order valence-electron chi connectivity index (χ4n) is 3.66. The predicted molar refractivity (Wildman–Crippen MR) is 118 cm³/mol. The second kappa shape index (κ2) is 9.27. The molecule has 1 amide bonds. The molecule has 1 aromatic carbocycles. The van der Waals surface area contributed by atoms with Gasteiger partial charge in [-0.3, -0.25) is 4.79 Å². The van der Waals surface area contributed by atoms with Crippen molar-refractivity contribution in [1.82, 2.24) is 25.2 Å². The van der Waals surface area contributed by atoms with Crippen LogP contribution in [-0.4, -0.2) is 51.3 Å². The first-order valence-corrected chi connectivity index (χ1v) is 10.7. The third kappa shape index (κ3) is 4.95. The minimum Gasteiger partial charge on any atom is -0.354 e. The Bertz CT molecular complexity index is 1150. The molecule has 34 heavy (non-hydrogen) atoms. The molecule has 1 aliphatic heterocycles. The number of carbonyl (C=O) groups excluding carboxylic acids is 1. The van der Waals surface area contributed by atoms with E-state index in [1.807, 2.05) is 0 Å². The van der Waals surface area contributed by atoms with Crippen LogP contribution in [0.3, 0.4) is 0 Å². The van der Waals surface area contributed by atoms with Crippen molar-refractivity contribution in [2.45, 2.75) is 38.3 Å². The number of aromatic nitrogens is 4. The molecule has 4 rings (SSSR count). The van der Waals surface area contributed by atoms with E-state index in [0.29, 0.717) is 37.5 Å². The summed E-state index contributed by atoms with van der Waals surface area (Å²) in [6, 6.07) is 5.92. The zero-order valence-electron chi connectivity index (χ0n) is 18.9. The largest absolute Gasteiger partial charge is 0.354 e. The summed E-state index contributed by atoms with van der Waals surface area (Å²) in [5, 5.41) is 6.57. The minimum absolute atomic E-state index is 0.0107. The number of nitrogens with one attached hydrogen (secondary N) is 1. The molecule has 180 valence electrons. The van der Waals surface area contributed by atoms with Crippen molar-refractivity contribution in [2.75, 3.05) is 30.4 Å². The van der Waals surface area contributed by atoms with Crippen molar-refractivity contribution in [2.24, 2.45) is 0 Å². The molecule has 0 unspecified atom stereocenters. The van der Waals surface area contributed by atoms with Gasteiger partial charge in [0.2, 0.25) is 17.5 Å². The Morgan fingerprint density at radius 2 is 1.88 bits per heavy atom. The van der Waals surface area contributed by atoms with Crippen LogP contribution in [0.2, 0.25) is 0 Å². The Morgan fingerprint density at radius 3 is 2.47 bits per heavy atom. The first kappa shape index (κ1) is 23.5. The van der Waals surface area contributed by atoms with E-state index in [1.54, 1.807) is 4.90 Å². The molecule has 0 radical (unpaired) electrons. The molecule has 0 spiro atoms. The Hall–Kier alpha value is -3.70. The molecule has 12 heteroatoms. The van der Waals surface area contributed by atoms with E-state index in [0.717, 1.165) is 7.05 Å². The molecular weight excluding hydrogens is 451 g/mol. The number of rotatable bonds is 6. The van der Waals surface area contributed by atoms with Crippen LogP contribution >= 0.6 is 0 Å².